The van der Waals surface area contributed by atoms with Crippen LogP contribution in [0.15, 0.2) is 0 Å². The van der Waals surface area contributed by atoms with Crippen LogP contribution in [0, 0.1) is 5.41 Å². The summed E-state index contributed by atoms with van der Waals surface area (Å²) in [5.41, 5.74) is 5.10. The smallest absolute Gasteiger partial charge is 0.195 e. The summed E-state index contributed by atoms with van der Waals surface area (Å²) in [4.78, 5) is 11.3. The Bertz CT molecular complexity index is 134. The van der Waals surface area contributed by atoms with Crippen molar-refractivity contribution < 1.29 is 4.79 Å². The lowest BCUT2D eigenvalue weighted by atomic mass is 9.96. The van der Waals surface area contributed by atoms with Crippen LogP contribution in [-0.4, -0.2) is 17.4 Å². The van der Waals surface area contributed by atoms with Gasteiger partial charge in [-0.2, -0.15) is 0 Å². The van der Waals surface area contributed by atoms with E-state index in [1.807, 2.05) is 13.8 Å². The zero-order chi connectivity index (χ0) is 8.91. The van der Waals surface area contributed by atoms with Crippen molar-refractivity contribution in [1.82, 2.24) is 0 Å². The molecule has 0 aromatic heterocycles. The Morgan fingerprint density at radius 3 is 2.45 bits per heavy atom. The molecule has 66 valence electrons. The van der Waals surface area contributed by atoms with Crippen molar-refractivity contribution in [3.8, 4) is 0 Å². The summed E-state index contributed by atoms with van der Waals surface area (Å²) in [7, 11) is 0. The van der Waals surface area contributed by atoms with Crippen molar-refractivity contribution in [1.29, 1.82) is 0 Å². The zero-order valence-corrected chi connectivity index (χ0v) is 8.33. The fourth-order valence-corrected chi connectivity index (χ4v) is 1.34. The van der Waals surface area contributed by atoms with Gasteiger partial charge in [-0.1, -0.05) is 32.5 Å². The van der Waals surface area contributed by atoms with Gasteiger partial charge >= 0.3 is 0 Å². The third kappa shape index (κ3) is 3.77. The Kier molecular flexibility index (Phi) is 4.77. The lowest BCUT2D eigenvalue weighted by Crippen LogP contribution is -2.30. The molecule has 2 N–H and O–H groups in total. The molecule has 0 amide bonds. The average molecular weight is 175 g/mol. The Hall–Kier alpha value is -0.0200. The van der Waals surface area contributed by atoms with Gasteiger partial charge < -0.3 is 5.73 Å². The van der Waals surface area contributed by atoms with Gasteiger partial charge in [-0.3, -0.25) is 4.79 Å². The van der Waals surface area contributed by atoms with Gasteiger partial charge in [0.2, 0.25) is 0 Å². The fraction of sp³-hybridized carbons (Fsp3) is 0.875. The van der Waals surface area contributed by atoms with Crippen LogP contribution in [0.4, 0.5) is 0 Å². The molecule has 0 unspecified atom stereocenters. The van der Waals surface area contributed by atoms with Gasteiger partial charge in [0.25, 0.3) is 0 Å². The molecular weight excluding hydrogens is 158 g/mol. The van der Waals surface area contributed by atoms with Gasteiger partial charge in [0.1, 0.15) is 0 Å². The van der Waals surface area contributed by atoms with Crippen LogP contribution in [0.1, 0.15) is 27.2 Å². The van der Waals surface area contributed by atoms with E-state index in [9.17, 15) is 4.79 Å². The molecule has 0 spiro atoms. The zero-order valence-electron chi connectivity index (χ0n) is 7.52. The molecule has 2 nitrogen and oxygen atoms in total. The van der Waals surface area contributed by atoms with E-state index < -0.39 is 0 Å². The largest absolute Gasteiger partial charge is 0.329 e. The van der Waals surface area contributed by atoms with Gasteiger partial charge in [0.15, 0.2) is 5.12 Å². The first kappa shape index (κ1) is 11.0. The molecule has 0 heterocycles. The third-order valence-corrected chi connectivity index (χ3v) is 2.93. The van der Waals surface area contributed by atoms with Crippen LogP contribution >= 0.6 is 11.8 Å². The van der Waals surface area contributed by atoms with Crippen LogP contribution in [0.2, 0.25) is 0 Å². The molecule has 0 aromatic carbocycles. The molecule has 0 radical (unpaired) electrons. The summed E-state index contributed by atoms with van der Waals surface area (Å²) >= 11 is 1.39. The maximum atomic E-state index is 11.3. The van der Waals surface area contributed by atoms with Crippen molar-refractivity contribution in [2.24, 2.45) is 11.1 Å². The second kappa shape index (κ2) is 4.78. The molecule has 0 aliphatic heterocycles. The van der Waals surface area contributed by atoms with Gasteiger partial charge in [0, 0.05) is 17.7 Å². The molecule has 11 heavy (non-hydrogen) atoms. The van der Waals surface area contributed by atoms with Crippen molar-refractivity contribution in [2.75, 3.05) is 12.3 Å². The normalized spacial score (nSPS) is 11.6. The van der Waals surface area contributed by atoms with Crippen LogP contribution in [0.5, 0.6) is 0 Å². The molecule has 0 aliphatic carbocycles. The second-order valence-corrected chi connectivity index (χ2v) is 4.29. The van der Waals surface area contributed by atoms with Crippen molar-refractivity contribution in [2.45, 2.75) is 27.2 Å². The van der Waals surface area contributed by atoms with E-state index in [-0.39, 0.29) is 10.5 Å². The van der Waals surface area contributed by atoms with Gasteiger partial charge in [-0.05, 0) is 6.42 Å². The monoisotopic (exact) mass is 175 g/mol. The van der Waals surface area contributed by atoms with E-state index in [2.05, 4.69) is 6.92 Å². The van der Waals surface area contributed by atoms with E-state index >= 15 is 0 Å². The first-order valence-electron chi connectivity index (χ1n) is 3.92. The summed E-state index contributed by atoms with van der Waals surface area (Å²) in [6.07, 6.45) is 1.04. The van der Waals surface area contributed by atoms with Gasteiger partial charge in [0.05, 0.1) is 0 Å². The Labute approximate surface area is 72.9 Å². The SMILES string of the molecule is CCCSC(=O)C(C)(C)CN. The topological polar surface area (TPSA) is 43.1 Å². The van der Waals surface area contributed by atoms with Crippen LogP contribution in [-0.2, 0) is 4.79 Å². The number of hydrogen-bond acceptors (Lipinski definition) is 3. The minimum Gasteiger partial charge on any atom is -0.329 e. The average Bonchev–Trinajstić information content (AvgIpc) is 2.00. The predicted octanol–water partition coefficient (Wildman–Crippen LogP) is 1.64. The molecular formula is C8H17NOS. The highest BCUT2D eigenvalue weighted by molar-refractivity contribution is 8.13. The van der Waals surface area contributed by atoms with Crippen LogP contribution in [0.3, 0.4) is 0 Å². The first-order valence-corrected chi connectivity index (χ1v) is 4.90. The molecule has 0 aromatic rings. The van der Waals surface area contributed by atoms with E-state index in [1.165, 1.54) is 11.8 Å². The van der Waals surface area contributed by atoms with Gasteiger partial charge in [-0.15, -0.1) is 0 Å². The number of carbonyl (C=O) groups is 1. The summed E-state index contributed by atoms with van der Waals surface area (Å²) in [5.74, 6) is 0.905. The van der Waals surface area contributed by atoms with Crippen LogP contribution < -0.4 is 5.73 Å². The highest BCUT2D eigenvalue weighted by atomic mass is 32.2. The third-order valence-electron chi connectivity index (χ3n) is 1.50. The number of carbonyl (C=O) groups excluding carboxylic acids is 1. The Balaban J connectivity index is 3.82. The standard InChI is InChI=1S/C8H17NOS/c1-4-5-11-7(10)8(2,3)6-9/h4-6,9H2,1-3H3. The molecule has 0 bridgehead atoms. The minimum atomic E-state index is -0.347. The Morgan fingerprint density at radius 2 is 2.09 bits per heavy atom. The summed E-state index contributed by atoms with van der Waals surface area (Å²) in [5, 5.41) is 0.210. The van der Waals surface area contributed by atoms with Gasteiger partial charge in [-0.25, -0.2) is 0 Å². The summed E-state index contributed by atoms with van der Waals surface area (Å²) < 4.78 is 0. The maximum absolute atomic E-state index is 11.3. The lowest BCUT2D eigenvalue weighted by molar-refractivity contribution is -0.117. The second-order valence-electron chi connectivity index (χ2n) is 3.22. The number of hydrogen-bond donors (Lipinski definition) is 1. The number of nitrogens with two attached hydrogens (primary N) is 1. The van der Waals surface area contributed by atoms with Crippen molar-refractivity contribution >= 4 is 16.9 Å². The molecule has 0 rings (SSSR count). The predicted molar refractivity (Wildman–Crippen MR) is 50.6 cm³/mol. The molecule has 0 atom stereocenters. The fourth-order valence-electron chi connectivity index (χ4n) is 0.473. The lowest BCUT2D eigenvalue weighted by Gasteiger charge is -2.19. The van der Waals surface area contributed by atoms with Crippen molar-refractivity contribution in [3.63, 3.8) is 0 Å². The van der Waals surface area contributed by atoms with E-state index in [0.717, 1.165) is 12.2 Å². The van der Waals surface area contributed by atoms with Crippen LogP contribution in [0.25, 0.3) is 0 Å². The number of thioether (sulfide) groups is 1. The highest BCUT2D eigenvalue weighted by Crippen LogP contribution is 2.22. The molecule has 3 heteroatoms. The number of rotatable bonds is 4. The first-order chi connectivity index (χ1) is 5.04. The maximum Gasteiger partial charge on any atom is 0.195 e. The highest BCUT2D eigenvalue weighted by Gasteiger charge is 2.25. The summed E-state index contributed by atoms with van der Waals surface area (Å²) in [6.45, 7) is 6.27. The van der Waals surface area contributed by atoms with E-state index in [0.29, 0.717) is 6.54 Å². The van der Waals surface area contributed by atoms with E-state index in [1.54, 1.807) is 0 Å². The molecule has 0 fully saturated rings. The quantitative estimate of drug-likeness (QED) is 0.706. The molecule has 0 saturated heterocycles. The van der Waals surface area contributed by atoms with E-state index in [4.69, 9.17) is 5.73 Å². The summed E-state index contributed by atoms with van der Waals surface area (Å²) in [6, 6.07) is 0. The minimum absolute atomic E-state index is 0.210. The molecule has 0 saturated carbocycles. The molecule has 0 aliphatic rings. The Morgan fingerprint density at radius 1 is 1.55 bits per heavy atom. The van der Waals surface area contributed by atoms with Crippen molar-refractivity contribution in [3.05, 3.63) is 0 Å².